The third-order valence-corrected chi connectivity index (χ3v) is 3.71. The van der Waals surface area contributed by atoms with Crippen LogP contribution < -0.4 is 5.73 Å². The summed E-state index contributed by atoms with van der Waals surface area (Å²) >= 11 is 0. The van der Waals surface area contributed by atoms with Gasteiger partial charge in [0.15, 0.2) is 5.78 Å². The fraction of sp³-hybridized carbons (Fsp3) is 0.778. The second kappa shape index (κ2) is 15.3. The average molecular weight is 295 g/mol. The minimum absolute atomic E-state index is 0.000814. The highest BCUT2D eigenvalue weighted by molar-refractivity contribution is 5.96. The molecule has 0 aliphatic rings. The molecule has 3 nitrogen and oxygen atoms in total. The number of nitrogens with two attached hydrogens (primary N) is 1. The van der Waals surface area contributed by atoms with Crippen LogP contribution in [0.1, 0.15) is 90.4 Å². The highest BCUT2D eigenvalue weighted by Crippen LogP contribution is 2.12. The summed E-state index contributed by atoms with van der Waals surface area (Å²) in [6, 6.07) is 0. The normalized spacial score (nSPS) is 11.1. The van der Waals surface area contributed by atoms with Crippen LogP contribution in [-0.2, 0) is 9.59 Å². The molecule has 0 radical (unpaired) electrons. The van der Waals surface area contributed by atoms with Gasteiger partial charge in [0.25, 0.3) is 0 Å². The van der Waals surface area contributed by atoms with Crippen molar-refractivity contribution in [3.63, 3.8) is 0 Å². The van der Waals surface area contributed by atoms with Crippen molar-refractivity contribution in [1.29, 1.82) is 0 Å². The number of allylic oxidation sites excluding steroid dienone is 1. The molecule has 0 aromatic heterocycles. The zero-order chi connectivity index (χ0) is 15.8. The number of carbonyl (C=O) groups is 2. The van der Waals surface area contributed by atoms with Crippen molar-refractivity contribution in [1.82, 2.24) is 0 Å². The van der Waals surface area contributed by atoms with Crippen LogP contribution in [0.15, 0.2) is 12.2 Å². The van der Waals surface area contributed by atoms with Crippen molar-refractivity contribution in [2.24, 2.45) is 5.73 Å². The lowest BCUT2D eigenvalue weighted by molar-refractivity contribution is -0.116. The number of hydrogen-bond donors (Lipinski definition) is 1. The SMILES string of the molecule is CCCCCCCCCCCCCCC(=O)C=CC(N)=O. The van der Waals surface area contributed by atoms with Gasteiger partial charge in [-0.05, 0) is 12.5 Å². The maximum absolute atomic E-state index is 11.3. The largest absolute Gasteiger partial charge is 0.366 e. The number of unbranched alkanes of at least 4 members (excludes halogenated alkanes) is 11. The first-order valence-corrected chi connectivity index (χ1v) is 8.67. The standard InChI is InChI=1S/C18H33NO2/c1-2-3-4-5-6-7-8-9-10-11-12-13-14-17(20)15-16-18(19)21/h15-16H,2-14H2,1H3,(H2,19,21). The lowest BCUT2D eigenvalue weighted by Crippen LogP contribution is -2.06. The van der Waals surface area contributed by atoms with Crippen molar-refractivity contribution < 1.29 is 9.59 Å². The van der Waals surface area contributed by atoms with Gasteiger partial charge in [-0.1, -0.05) is 77.6 Å². The van der Waals surface area contributed by atoms with Gasteiger partial charge in [-0.25, -0.2) is 0 Å². The molecular weight excluding hydrogens is 262 g/mol. The second-order valence-electron chi connectivity index (χ2n) is 5.84. The number of hydrogen-bond acceptors (Lipinski definition) is 2. The first kappa shape index (κ1) is 19.9. The van der Waals surface area contributed by atoms with Gasteiger partial charge < -0.3 is 5.73 Å². The number of primary amides is 1. The summed E-state index contributed by atoms with van der Waals surface area (Å²) in [4.78, 5) is 21.8. The highest BCUT2D eigenvalue weighted by Gasteiger charge is 1.98. The third kappa shape index (κ3) is 16.8. The smallest absolute Gasteiger partial charge is 0.241 e. The molecule has 0 fully saturated rings. The molecule has 0 rings (SSSR count). The van der Waals surface area contributed by atoms with E-state index in [9.17, 15) is 9.59 Å². The fourth-order valence-corrected chi connectivity index (χ4v) is 2.40. The number of rotatable bonds is 15. The van der Waals surface area contributed by atoms with Crippen molar-refractivity contribution in [2.45, 2.75) is 90.4 Å². The van der Waals surface area contributed by atoms with E-state index < -0.39 is 5.91 Å². The van der Waals surface area contributed by atoms with Crippen molar-refractivity contribution in [3.05, 3.63) is 12.2 Å². The molecule has 0 aromatic carbocycles. The Morgan fingerprint density at radius 1 is 0.714 bits per heavy atom. The summed E-state index contributed by atoms with van der Waals surface area (Å²) in [6.07, 6.45) is 18.4. The van der Waals surface area contributed by atoms with E-state index in [-0.39, 0.29) is 5.78 Å². The predicted octanol–water partition coefficient (Wildman–Crippen LogP) is 4.69. The molecule has 0 spiro atoms. The fourth-order valence-electron chi connectivity index (χ4n) is 2.40. The molecule has 21 heavy (non-hydrogen) atoms. The topological polar surface area (TPSA) is 60.2 Å². The van der Waals surface area contributed by atoms with Gasteiger partial charge in [-0.3, -0.25) is 9.59 Å². The summed E-state index contributed by atoms with van der Waals surface area (Å²) in [6.45, 7) is 2.25. The molecule has 2 N–H and O–H groups in total. The summed E-state index contributed by atoms with van der Waals surface area (Å²) in [5, 5.41) is 0. The first-order valence-electron chi connectivity index (χ1n) is 8.67. The third-order valence-electron chi connectivity index (χ3n) is 3.71. The average Bonchev–Trinajstić information content (AvgIpc) is 2.46. The summed E-state index contributed by atoms with van der Waals surface area (Å²) < 4.78 is 0. The molecule has 0 aromatic rings. The van der Waals surface area contributed by atoms with E-state index in [0.717, 1.165) is 18.9 Å². The molecule has 0 saturated carbocycles. The van der Waals surface area contributed by atoms with Crippen LogP contribution in [0.5, 0.6) is 0 Å². The molecule has 0 heterocycles. The quantitative estimate of drug-likeness (QED) is 0.352. The molecular formula is C18H33NO2. The van der Waals surface area contributed by atoms with E-state index in [2.05, 4.69) is 6.92 Å². The molecule has 0 atom stereocenters. The van der Waals surface area contributed by atoms with Crippen LogP contribution in [0.3, 0.4) is 0 Å². The second-order valence-corrected chi connectivity index (χ2v) is 5.84. The zero-order valence-corrected chi connectivity index (χ0v) is 13.7. The Bertz CT molecular complexity index is 298. The van der Waals surface area contributed by atoms with Crippen LogP contribution in [-0.4, -0.2) is 11.7 Å². The summed E-state index contributed by atoms with van der Waals surface area (Å²) in [5.41, 5.74) is 4.93. The predicted molar refractivity (Wildman–Crippen MR) is 89.0 cm³/mol. The number of amides is 1. The zero-order valence-electron chi connectivity index (χ0n) is 13.7. The lowest BCUT2D eigenvalue weighted by Gasteiger charge is -2.02. The molecule has 122 valence electrons. The van der Waals surface area contributed by atoms with Gasteiger partial charge >= 0.3 is 0 Å². The van der Waals surface area contributed by atoms with E-state index >= 15 is 0 Å². The van der Waals surface area contributed by atoms with E-state index in [0.29, 0.717) is 6.42 Å². The Labute approximate surface area is 130 Å². The summed E-state index contributed by atoms with van der Waals surface area (Å²) in [7, 11) is 0. The van der Waals surface area contributed by atoms with Gasteiger partial charge in [-0.15, -0.1) is 0 Å². The maximum atomic E-state index is 11.3. The maximum Gasteiger partial charge on any atom is 0.241 e. The Kier molecular flexibility index (Phi) is 14.5. The Morgan fingerprint density at radius 2 is 1.14 bits per heavy atom. The van der Waals surface area contributed by atoms with E-state index in [1.807, 2.05) is 0 Å². The Hall–Kier alpha value is -1.12. The van der Waals surface area contributed by atoms with Crippen LogP contribution in [0.25, 0.3) is 0 Å². The van der Waals surface area contributed by atoms with Crippen molar-refractivity contribution >= 4 is 11.7 Å². The van der Waals surface area contributed by atoms with Crippen molar-refractivity contribution in [3.8, 4) is 0 Å². The van der Waals surface area contributed by atoms with Gasteiger partial charge in [0.2, 0.25) is 5.91 Å². The van der Waals surface area contributed by atoms with Gasteiger partial charge in [-0.2, -0.15) is 0 Å². The van der Waals surface area contributed by atoms with E-state index in [1.54, 1.807) is 0 Å². The van der Waals surface area contributed by atoms with Crippen molar-refractivity contribution in [2.75, 3.05) is 0 Å². The molecule has 1 amide bonds. The molecule has 0 saturated heterocycles. The Morgan fingerprint density at radius 3 is 1.57 bits per heavy atom. The first-order chi connectivity index (χ1) is 10.2. The summed E-state index contributed by atoms with van der Waals surface area (Å²) in [5.74, 6) is -0.557. The minimum atomic E-state index is -0.557. The Balaban J connectivity index is 3.19. The van der Waals surface area contributed by atoms with Gasteiger partial charge in [0.1, 0.15) is 0 Å². The van der Waals surface area contributed by atoms with Crippen LogP contribution in [0.4, 0.5) is 0 Å². The lowest BCUT2D eigenvalue weighted by atomic mass is 10.0. The molecule has 0 unspecified atom stereocenters. The van der Waals surface area contributed by atoms with Crippen LogP contribution in [0.2, 0.25) is 0 Å². The van der Waals surface area contributed by atoms with Crippen LogP contribution >= 0.6 is 0 Å². The number of carbonyl (C=O) groups excluding carboxylic acids is 2. The van der Waals surface area contributed by atoms with E-state index in [1.165, 1.54) is 70.3 Å². The van der Waals surface area contributed by atoms with E-state index in [4.69, 9.17) is 5.73 Å². The molecule has 3 heteroatoms. The monoisotopic (exact) mass is 295 g/mol. The minimum Gasteiger partial charge on any atom is -0.366 e. The highest BCUT2D eigenvalue weighted by atomic mass is 16.1. The van der Waals surface area contributed by atoms with Gasteiger partial charge in [0, 0.05) is 12.5 Å². The molecule has 0 bridgehead atoms. The number of ketones is 1. The molecule has 0 aliphatic heterocycles. The van der Waals surface area contributed by atoms with Gasteiger partial charge in [0.05, 0.1) is 0 Å². The molecule has 0 aliphatic carbocycles. The van der Waals surface area contributed by atoms with Crippen LogP contribution in [0, 0.1) is 0 Å².